The number of aliphatic hydroxyl groups is 1. The van der Waals surface area contributed by atoms with Gasteiger partial charge in [0.1, 0.15) is 0 Å². The fraction of sp³-hybridized carbons (Fsp3) is 1.00. The van der Waals surface area contributed by atoms with Gasteiger partial charge in [-0.15, -0.1) is 0 Å². The SMILES string of the molecule is OC1CCC[C@]12CCCN2. The van der Waals surface area contributed by atoms with E-state index in [-0.39, 0.29) is 11.6 Å². The Morgan fingerprint density at radius 3 is 2.60 bits per heavy atom. The molecule has 2 rings (SSSR count). The van der Waals surface area contributed by atoms with Gasteiger partial charge in [-0.1, -0.05) is 0 Å². The smallest absolute Gasteiger partial charge is 0.0721 e. The van der Waals surface area contributed by atoms with Crippen molar-refractivity contribution in [1.29, 1.82) is 0 Å². The maximum Gasteiger partial charge on any atom is 0.0721 e. The number of hydrogen-bond donors (Lipinski definition) is 2. The Bertz CT molecular complexity index is 124. The summed E-state index contributed by atoms with van der Waals surface area (Å²) in [5.74, 6) is 0. The van der Waals surface area contributed by atoms with Crippen LogP contribution in [-0.4, -0.2) is 23.3 Å². The number of aliphatic hydroxyl groups excluding tert-OH is 1. The first-order chi connectivity index (χ1) is 4.83. The third kappa shape index (κ3) is 0.789. The van der Waals surface area contributed by atoms with Crippen LogP contribution in [0.4, 0.5) is 0 Å². The topological polar surface area (TPSA) is 32.3 Å². The monoisotopic (exact) mass is 141 g/mol. The van der Waals surface area contributed by atoms with Crippen LogP contribution in [0.15, 0.2) is 0 Å². The lowest BCUT2D eigenvalue weighted by Gasteiger charge is -2.27. The Kier molecular flexibility index (Phi) is 1.46. The van der Waals surface area contributed by atoms with Gasteiger partial charge < -0.3 is 10.4 Å². The summed E-state index contributed by atoms with van der Waals surface area (Å²) >= 11 is 0. The second-order valence-corrected chi connectivity index (χ2v) is 3.59. The molecule has 0 amide bonds. The van der Waals surface area contributed by atoms with Gasteiger partial charge in [0.05, 0.1) is 6.10 Å². The minimum Gasteiger partial charge on any atom is -0.391 e. The van der Waals surface area contributed by atoms with E-state index in [1.165, 1.54) is 25.7 Å². The van der Waals surface area contributed by atoms with Crippen LogP contribution in [0.5, 0.6) is 0 Å². The first kappa shape index (κ1) is 6.62. The highest BCUT2D eigenvalue weighted by molar-refractivity contribution is 5.02. The van der Waals surface area contributed by atoms with E-state index in [0.717, 1.165) is 13.0 Å². The Morgan fingerprint density at radius 1 is 1.30 bits per heavy atom. The summed E-state index contributed by atoms with van der Waals surface area (Å²) < 4.78 is 0. The van der Waals surface area contributed by atoms with Crippen LogP contribution in [0, 0.1) is 0 Å². The van der Waals surface area contributed by atoms with E-state index >= 15 is 0 Å². The zero-order chi connectivity index (χ0) is 7.03. The molecule has 1 aliphatic carbocycles. The summed E-state index contributed by atoms with van der Waals surface area (Å²) in [6.07, 6.45) is 5.77. The molecule has 0 aromatic heterocycles. The van der Waals surface area contributed by atoms with E-state index in [0.29, 0.717) is 0 Å². The molecule has 1 spiro atoms. The Morgan fingerprint density at radius 2 is 2.10 bits per heavy atom. The van der Waals surface area contributed by atoms with Crippen molar-refractivity contribution in [2.75, 3.05) is 6.54 Å². The van der Waals surface area contributed by atoms with Crippen LogP contribution < -0.4 is 5.32 Å². The van der Waals surface area contributed by atoms with Crippen molar-refractivity contribution in [3.05, 3.63) is 0 Å². The molecular weight excluding hydrogens is 126 g/mol. The van der Waals surface area contributed by atoms with Crippen molar-refractivity contribution in [3.8, 4) is 0 Å². The van der Waals surface area contributed by atoms with Crippen molar-refractivity contribution in [1.82, 2.24) is 5.32 Å². The van der Waals surface area contributed by atoms with Gasteiger partial charge in [0, 0.05) is 5.54 Å². The van der Waals surface area contributed by atoms with Gasteiger partial charge in [0.15, 0.2) is 0 Å². The fourth-order valence-corrected chi connectivity index (χ4v) is 2.38. The molecule has 2 fully saturated rings. The van der Waals surface area contributed by atoms with Gasteiger partial charge in [-0.3, -0.25) is 0 Å². The summed E-state index contributed by atoms with van der Waals surface area (Å²) in [5, 5.41) is 13.0. The highest BCUT2D eigenvalue weighted by atomic mass is 16.3. The maximum absolute atomic E-state index is 9.62. The Hall–Kier alpha value is -0.0800. The predicted octanol–water partition coefficient (Wildman–Crippen LogP) is 0.653. The molecule has 0 aromatic carbocycles. The summed E-state index contributed by atoms with van der Waals surface area (Å²) in [7, 11) is 0. The number of rotatable bonds is 0. The van der Waals surface area contributed by atoms with Crippen molar-refractivity contribution in [3.63, 3.8) is 0 Å². The summed E-state index contributed by atoms with van der Waals surface area (Å²) in [6, 6.07) is 0. The second kappa shape index (κ2) is 2.21. The average molecular weight is 141 g/mol. The lowest BCUT2D eigenvalue weighted by Crippen LogP contribution is -2.46. The molecule has 2 heteroatoms. The third-order valence-electron chi connectivity index (χ3n) is 3.02. The van der Waals surface area contributed by atoms with Crippen LogP contribution in [0.2, 0.25) is 0 Å². The fourth-order valence-electron chi connectivity index (χ4n) is 2.38. The van der Waals surface area contributed by atoms with E-state index in [4.69, 9.17) is 0 Å². The van der Waals surface area contributed by atoms with Crippen molar-refractivity contribution < 1.29 is 5.11 Å². The molecule has 2 N–H and O–H groups in total. The van der Waals surface area contributed by atoms with E-state index in [1.807, 2.05) is 0 Å². The molecular formula is C8H15NO. The first-order valence-electron chi connectivity index (χ1n) is 4.27. The second-order valence-electron chi connectivity index (χ2n) is 3.59. The first-order valence-corrected chi connectivity index (χ1v) is 4.27. The molecule has 0 bridgehead atoms. The molecule has 2 nitrogen and oxygen atoms in total. The van der Waals surface area contributed by atoms with Crippen LogP contribution in [0.25, 0.3) is 0 Å². The lowest BCUT2D eigenvalue weighted by atomic mass is 9.94. The van der Waals surface area contributed by atoms with Crippen molar-refractivity contribution in [2.24, 2.45) is 0 Å². The normalized spacial score (nSPS) is 47.1. The quantitative estimate of drug-likeness (QED) is 0.519. The van der Waals surface area contributed by atoms with Gasteiger partial charge in [0.25, 0.3) is 0 Å². The molecule has 58 valence electrons. The standard InChI is InChI=1S/C8H15NO/c10-7-3-1-4-8(7)5-2-6-9-8/h7,9-10H,1-6H2/t7?,8-/m0/s1. The van der Waals surface area contributed by atoms with E-state index < -0.39 is 0 Å². The molecule has 1 saturated carbocycles. The van der Waals surface area contributed by atoms with Crippen molar-refractivity contribution in [2.45, 2.75) is 43.7 Å². The predicted molar refractivity (Wildman–Crippen MR) is 39.8 cm³/mol. The molecule has 10 heavy (non-hydrogen) atoms. The van der Waals surface area contributed by atoms with E-state index in [2.05, 4.69) is 5.32 Å². The molecule has 1 saturated heterocycles. The molecule has 2 aliphatic rings. The Labute approximate surface area is 61.6 Å². The van der Waals surface area contributed by atoms with E-state index in [9.17, 15) is 5.11 Å². The Balaban J connectivity index is 2.11. The van der Waals surface area contributed by atoms with Crippen LogP contribution >= 0.6 is 0 Å². The van der Waals surface area contributed by atoms with Crippen LogP contribution in [-0.2, 0) is 0 Å². The average Bonchev–Trinajstić information content (AvgIpc) is 2.48. The number of hydrogen-bond acceptors (Lipinski definition) is 2. The van der Waals surface area contributed by atoms with E-state index in [1.54, 1.807) is 0 Å². The van der Waals surface area contributed by atoms with Gasteiger partial charge in [-0.25, -0.2) is 0 Å². The minimum atomic E-state index is -0.0602. The molecule has 1 aliphatic heterocycles. The summed E-state index contributed by atoms with van der Waals surface area (Å²) in [5.41, 5.74) is 0.153. The zero-order valence-electron chi connectivity index (χ0n) is 6.27. The third-order valence-corrected chi connectivity index (χ3v) is 3.02. The molecule has 0 radical (unpaired) electrons. The largest absolute Gasteiger partial charge is 0.391 e. The lowest BCUT2D eigenvalue weighted by molar-refractivity contribution is 0.0976. The van der Waals surface area contributed by atoms with Crippen molar-refractivity contribution >= 4 is 0 Å². The van der Waals surface area contributed by atoms with Gasteiger partial charge >= 0.3 is 0 Å². The highest BCUT2D eigenvalue weighted by Crippen LogP contribution is 2.36. The van der Waals surface area contributed by atoms with Gasteiger partial charge in [-0.2, -0.15) is 0 Å². The maximum atomic E-state index is 9.62. The van der Waals surface area contributed by atoms with Crippen LogP contribution in [0.3, 0.4) is 0 Å². The molecule has 0 aromatic rings. The molecule has 2 atom stereocenters. The van der Waals surface area contributed by atoms with Crippen LogP contribution in [0.1, 0.15) is 32.1 Å². The molecule has 1 unspecified atom stereocenters. The minimum absolute atomic E-state index is 0.0602. The van der Waals surface area contributed by atoms with Gasteiger partial charge in [-0.05, 0) is 38.6 Å². The zero-order valence-corrected chi connectivity index (χ0v) is 6.27. The summed E-state index contributed by atoms with van der Waals surface area (Å²) in [4.78, 5) is 0. The number of nitrogens with one attached hydrogen (secondary N) is 1. The molecule has 1 heterocycles. The van der Waals surface area contributed by atoms with Gasteiger partial charge in [0.2, 0.25) is 0 Å². The summed E-state index contributed by atoms with van der Waals surface area (Å²) in [6.45, 7) is 1.11. The highest BCUT2D eigenvalue weighted by Gasteiger charge is 2.43.